The molecule has 32 heavy (non-hydrogen) atoms. The topological polar surface area (TPSA) is 56.6 Å². The third kappa shape index (κ3) is 4.21. The predicted molar refractivity (Wildman–Crippen MR) is 122 cm³/mol. The zero-order chi connectivity index (χ0) is 21.9. The molecule has 4 aromatic rings. The molecule has 6 heteroatoms. The van der Waals surface area contributed by atoms with Gasteiger partial charge in [-0.15, -0.1) is 0 Å². The van der Waals surface area contributed by atoms with E-state index in [9.17, 15) is 4.79 Å². The molecule has 2 aromatic heterocycles. The first-order chi connectivity index (χ1) is 15.7. The van der Waals surface area contributed by atoms with Crippen molar-refractivity contribution in [2.24, 2.45) is 7.05 Å². The Morgan fingerprint density at radius 3 is 2.69 bits per heavy atom. The van der Waals surface area contributed by atoms with E-state index in [1.165, 1.54) is 5.56 Å². The molecule has 1 amide bonds. The SMILES string of the molecule is Cn1ccc(-c2cc(Oc3ccc4c(c3)C(=O)N(CCc3ccccc3)CO4)ccn2)c1. The maximum absolute atomic E-state index is 13.1. The van der Waals surface area contributed by atoms with Gasteiger partial charge >= 0.3 is 0 Å². The second-order valence-corrected chi connectivity index (χ2v) is 7.78. The lowest BCUT2D eigenvalue weighted by molar-refractivity contribution is 0.0524. The van der Waals surface area contributed by atoms with Crippen LogP contribution in [-0.4, -0.2) is 33.6 Å². The number of carbonyl (C=O) groups is 1. The lowest BCUT2D eigenvalue weighted by atomic mass is 10.1. The third-order valence-corrected chi connectivity index (χ3v) is 5.45. The maximum Gasteiger partial charge on any atom is 0.260 e. The minimum absolute atomic E-state index is 0.0488. The van der Waals surface area contributed by atoms with Crippen LogP contribution in [0.5, 0.6) is 17.2 Å². The van der Waals surface area contributed by atoms with Crippen LogP contribution in [0.15, 0.2) is 85.3 Å². The lowest BCUT2D eigenvalue weighted by Crippen LogP contribution is -2.39. The normalized spacial score (nSPS) is 12.9. The summed E-state index contributed by atoms with van der Waals surface area (Å²) in [7, 11) is 1.97. The van der Waals surface area contributed by atoms with E-state index in [2.05, 4.69) is 17.1 Å². The quantitative estimate of drug-likeness (QED) is 0.440. The third-order valence-electron chi connectivity index (χ3n) is 5.45. The van der Waals surface area contributed by atoms with Gasteiger partial charge in [0.25, 0.3) is 5.91 Å². The van der Waals surface area contributed by atoms with Crippen molar-refractivity contribution >= 4 is 5.91 Å². The summed E-state index contributed by atoms with van der Waals surface area (Å²) in [5.74, 6) is 1.77. The van der Waals surface area contributed by atoms with Gasteiger partial charge in [-0.3, -0.25) is 9.78 Å². The molecule has 1 aliphatic rings. The number of hydrogen-bond donors (Lipinski definition) is 0. The van der Waals surface area contributed by atoms with Gasteiger partial charge in [-0.25, -0.2) is 0 Å². The number of rotatable bonds is 6. The molecule has 0 fully saturated rings. The molecule has 0 aliphatic carbocycles. The standard InChI is InChI=1S/C26H23N3O3/c1-28-13-11-20(17-28)24-16-22(9-12-27-24)32-21-7-8-25-23(15-21)26(30)29(18-31-25)14-10-19-5-3-2-4-6-19/h2-9,11-13,15-17H,10,14,18H2,1H3. The van der Waals surface area contributed by atoms with Crippen LogP contribution < -0.4 is 9.47 Å². The summed E-state index contributed by atoms with van der Waals surface area (Å²) in [6.45, 7) is 0.849. The fourth-order valence-corrected chi connectivity index (χ4v) is 3.74. The fourth-order valence-electron chi connectivity index (χ4n) is 3.74. The summed E-state index contributed by atoms with van der Waals surface area (Å²) in [5, 5.41) is 0. The van der Waals surface area contributed by atoms with Crippen molar-refractivity contribution in [2.45, 2.75) is 6.42 Å². The van der Waals surface area contributed by atoms with Gasteiger partial charge in [-0.1, -0.05) is 30.3 Å². The lowest BCUT2D eigenvalue weighted by Gasteiger charge is -2.29. The van der Waals surface area contributed by atoms with Gasteiger partial charge < -0.3 is 18.9 Å². The highest BCUT2D eigenvalue weighted by atomic mass is 16.5. The highest BCUT2D eigenvalue weighted by Crippen LogP contribution is 2.32. The first kappa shape index (κ1) is 19.9. The number of aryl methyl sites for hydroxylation is 1. The maximum atomic E-state index is 13.1. The van der Waals surface area contributed by atoms with Crippen molar-refractivity contribution in [3.63, 3.8) is 0 Å². The molecular formula is C26H23N3O3. The minimum Gasteiger partial charge on any atom is -0.472 e. The van der Waals surface area contributed by atoms with Crippen LogP contribution in [0, 0.1) is 0 Å². The molecule has 2 aromatic carbocycles. The number of aromatic nitrogens is 2. The van der Waals surface area contributed by atoms with Gasteiger partial charge in [0.1, 0.15) is 17.2 Å². The van der Waals surface area contributed by atoms with E-state index in [0.717, 1.165) is 17.7 Å². The largest absolute Gasteiger partial charge is 0.472 e. The average Bonchev–Trinajstić information content (AvgIpc) is 3.26. The molecule has 0 saturated heterocycles. The van der Waals surface area contributed by atoms with Crippen LogP contribution >= 0.6 is 0 Å². The van der Waals surface area contributed by atoms with Crippen LogP contribution in [0.4, 0.5) is 0 Å². The van der Waals surface area contributed by atoms with Crippen LogP contribution in [0.1, 0.15) is 15.9 Å². The zero-order valence-electron chi connectivity index (χ0n) is 17.8. The van der Waals surface area contributed by atoms with E-state index in [-0.39, 0.29) is 12.6 Å². The Labute approximate surface area is 186 Å². The van der Waals surface area contributed by atoms with Gasteiger partial charge in [0.2, 0.25) is 0 Å². The van der Waals surface area contributed by atoms with Crippen LogP contribution in [0.3, 0.4) is 0 Å². The summed E-state index contributed by atoms with van der Waals surface area (Å²) >= 11 is 0. The van der Waals surface area contributed by atoms with E-state index >= 15 is 0 Å². The van der Waals surface area contributed by atoms with Crippen LogP contribution in [0.25, 0.3) is 11.3 Å². The van der Waals surface area contributed by atoms with Crippen molar-refractivity contribution in [1.82, 2.24) is 14.5 Å². The van der Waals surface area contributed by atoms with Gasteiger partial charge in [0.15, 0.2) is 6.73 Å². The van der Waals surface area contributed by atoms with E-state index < -0.39 is 0 Å². The molecule has 0 atom stereocenters. The van der Waals surface area contributed by atoms with Crippen molar-refractivity contribution in [3.8, 4) is 28.5 Å². The Morgan fingerprint density at radius 2 is 1.88 bits per heavy atom. The molecule has 0 radical (unpaired) electrons. The Balaban J connectivity index is 1.32. The van der Waals surface area contributed by atoms with E-state index in [1.54, 1.807) is 29.3 Å². The van der Waals surface area contributed by atoms with Crippen molar-refractivity contribution in [2.75, 3.05) is 13.3 Å². The highest BCUT2D eigenvalue weighted by Gasteiger charge is 2.26. The molecule has 0 N–H and O–H groups in total. The van der Waals surface area contributed by atoms with Gasteiger partial charge in [-0.2, -0.15) is 0 Å². The van der Waals surface area contributed by atoms with Gasteiger partial charge in [0.05, 0.1) is 11.3 Å². The van der Waals surface area contributed by atoms with E-state index in [0.29, 0.717) is 29.4 Å². The van der Waals surface area contributed by atoms with Gasteiger partial charge in [0, 0.05) is 43.8 Å². The summed E-state index contributed by atoms with van der Waals surface area (Å²) in [6, 6.07) is 21.2. The van der Waals surface area contributed by atoms with E-state index in [4.69, 9.17) is 9.47 Å². The fraction of sp³-hybridized carbons (Fsp3) is 0.154. The molecule has 6 nitrogen and oxygen atoms in total. The molecule has 0 bridgehead atoms. The average molecular weight is 425 g/mol. The molecular weight excluding hydrogens is 402 g/mol. The van der Waals surface area contributed by atoms with Crippen molar-refractivity contribution in [3.05, 3.63) is 96.4 Å². The number of amides is 1. The first-order valence-corrected chi connectivity index (χ1v) is 10.5. The number of fused-ring (bicyclic) bond motifs is 1. The van der Waals surface area contributed by atoms with Gasteiger partial charge in [-0.05, 0) is 42.3 Å². The molecule has 3 heterocycles. The van der Waals surface area contributed by atoms with Crippen molar-refractivity contribution in [1.29, 1.82) is 0 Å². The Morgan fingerprint density at radius 1 is 1.03 bits per heavy atom. The monoisotopic (exact) mass is 425 g/mol. The zero-order valence-corrected chi connectivity index (χ0v) is 17.8. The van der Waals surface area contributed by atoms with E-state index in [1.807, 2.05) is 60.4 Å². The van der Waals surface area contributed by atoms with Crippen molar-refractivity contribution < 1.29 is 14.3 Å². The number of carbonyl (C=O) groups excluding carboxylic acids is 1. The second kappa shape index (κ2) is 8.59. The summed E-state index contributed by atoms with van der Waals surface area (Å²) in [4.78, 5) is 19.2. The molecule has 0 unspecified atom stereocenters. The Hall–Kier alpha value is -4.06. The highest BCUT2D eigenvalue weighted by molar-refractivity contribution is 5.98. The minimum atomic E-state index is -0.0488. The Bertz CT molecular complexity index is 1250. The smallest absolute Gasteiger partial charge is 0.260 e. The summed E-state index contributed by atoms with van der Waals surface area (Å²) < 4.78 is 13.8. The molecule has 160 valence electrons. The molecule has 0 saturated carbocycles. The van der Waals surface area contributed by atoms with Crippen LogP contribution in [-0.2, 0) is 13.5 Å². The molecule has 1 aliphatic heterocycles. The first-order valence-electron chi connectivity index (χ1n) is 10.5. The van der Waals surface area contributed by atoms with Crippen LogP contribution in [0.2, 0.25) is 0 Å². The number of hydrogen-bond acceptors (Lipinski definition) is 4. The number of nitrogens with zero attached hydrogens (tertiary/aromatic N) is 3. The predicted octanol–water partition coefficient (Wildman–Crippen LogP) is 4.91. The molecule has 5 rings (SSSR count). The number of ether oxygens (including phenoxy) is 2. The Kier molecular flexibility index (Phi) is 5.34. The number of pyridine rings is 1. The summed E-state index contributed by atoms with van der Waals surface area (Å²) in [6.07, 6.45) is 6.48. The molecule has 0 spiro atoms. The number of benzene rings is 2. The second-order valence-electron chi connectivity index (χ2n) is 7.78. The summed E-state index contributed by atoms with van der Waals surface area (Å²) in [5.41, 5.74) is 3.54.